The van der Waals surface area contributed by atoms with Gasteiger partial charge in [0.2, 0.25) is 11.8 Å². The largest absolute Gasteiger partial charge is 0.494 e. The maximum atomic E-state index is 13.7. The molecule has 3 aliphatic rings. The minimum absolute atomic E-state index is 0.00534. The number of carbonyl (C=O) groups is 2. The normalized spacial score (nSPS) is 25.4. The van der Waals surface area contributed by atoms with Crippen LogP contribution in [0.1, 0.15) is 52.0 Å². The summed E-state index contributed by atoms with van der Waals surface area (Å²) in [7, 11) is 3.56. The monoisotopic (exact) mass is 474 g/mol. The van der Waals surface area contributed by atoms with Crippen molar-refractivity contribution in [3.63, 3.8) is 0 Å². The lowest BCUT2D eigenvalue weighted by Crippen LogP contribution is -2.56. The highest BCUT2D eigenvalue weighted by Gasteiger charge is 2.49. The minimum Gasteiger partial charge on any atom is -0.494 e. The Balaban J connectivity index is 1.37. The molecule has 8 heteroatoms. The molecule has 3 heterocycles. The van der Waals surface area contributed by atoms with Gasteiger partial charge in [-0.2, -0.15) is 0 Å². The molecule has 0 aliphatic carbocycles. The van der Waals surface area contributed by atoms with Crippen molar-refractivity contribution in [2.45, 2.75) is 70.6 Å². The zero-order valence-corrected chi connectivity index (χ0v) is 21.2. The number of hydrogen-bond donors (Lipinski definition) is 1. The average Bonchev–Trinajstić information content (AvgIpc) is 3.18. The van der Waals surface area contributed by atoms with Crippen LogP contribution in [-0.2, 0) is 16.1 Å². The van der Waals surface area contributed by atoms with Crippen LogP contribution in [0.4, 0.5) is 4.39 Å². The van der Waals surface area contributed by atoms with Gasteiger partial charge in [0.1, 0.15) is 6.04 Å². The summed E-state index contributed by atoms with van der Waals surface area (Å²) in [6.07, 6.45) is 2.52. The lowest BCUT2D eigenvalue weighted by atomic mass is 9.83. The topological polar surface area (TPSA) is 65.1 Å². The highest BCUT2D eigenvalue weighted by molar-refractivity contribution is 5.92. The van der Waals surface area contributed by atoms with Gasteiger partial charge in [-0.05, 0) is 49.4 Å². The van der Waals surface area contributed by atoms with Gasteiger partial charge in [-0.15, -0.1) is 0 Å². The molecular weight excluding hydrogens is 435 g/mol. The number of rotatable bonds is 5. The van der Waals surface area contributed by atoms with E-state index < -0.39 is 5.54 Å². The predicted molar refractivity (Wildman–Crippen MR) is 129 cm³/mol. The molecule has 2 amide bonds. The van der Waals surface area contributed by atoms with Crippen molar-refractivity contribution in [2.24, 2.45) is 5.41 Å². The number of hydrogen-bond acceptors (Lipinski definition) is 5. The molecule has 0 unspecified atom stereocenters. The number of fused-ring (bicyclic) bond motifs is 1. The maximum Gasteiger partial charge on any atom is 0.243 e. The second kappa shape index (κ2) is 9.46. The Kier molecular flexibility index (Phi) is 6.93. The smallest absolute Gasteiger partial charge is 0.243 e. The number of carbonyl (C=O) groups excluding carboxylic acids is 2. The van der Waals surface area contributed by atoms with Gasteiger partial charge < -0.3 is 19.9 Å². The van der Waals surface area contributed by atoms with Gasteiger partial charge in [-0.3, -0.25) is 14.5 Å². The van der Waals surface area contributed by atoms with Crippen LogP contribution in [0.3, 0.4) is 0 Å². The fraction of sp³-hybridized carbons (Fsp3) is 0.692. The van der Waals surface area contributed by atoms with Crippen LogP contribution in [-0.4, -0.2) is 84.5 Å². The molecule has 2 atom stereocenters. The van der Waals surface area contributed by atoms with Gasteiger partial charge in [0.15, 0.2) is 11.6 Å². The third-order valence-corrected chi connectivity index (χ3v) is 7.56. The Labute approximate surface area is 202 Å². The van der Waals surface area contributed by atoms with Crippen molar-refractivity contribution >= 4 is 11.8 Å². The molecule has 34 heavy (non-hydrogen) atoms. The van der Waals surface area contributed by atoms with Crippen molar-refractivity contribution in [3.8, 4) is 5.75 Å². The molecule has 1 aromatic rings. The molecular formula is C26H39FN4O3. The summed E-state index contributed by atoms with van der Waals surface area (Å²) in [4.78, 5) is 33.0. The fourth-order valence-corrected chi connectivity index (χ4v) is 5.82. The molecule has 0 aromatic heterocycles. The van der Waals surface area contributed by atoms with E-state index in [2.05, 4.69) is 42.9 Å². The number of likely N-dealkylation sites (N-methyl/N-ethyl adjacent to an activating group) is 1. The van der Waals surface area contributed by atoms with E-state index in [0.29, 0.717) is 25.9 Å². The number of piperidine rings is 1. The number of amides is 2. The minimum atomic E-state index is -0.470. The van der Waals surface area contributed by atoms with Crippen molar-refractivity contribution in [3.05, 3.63) is 29.6 Å². The molecule has 3 fully saturated rings. The summed E-state index contributed by atoms with van der Waals surface area (Å²) in [5.74, 6) is -0.0310. The summed E-state index contributed by atoms with van der Waals surface area (Å²) < 4.78 is 18.8. The number of halogens is 1. The van der Waals surface area contributed by atoms with Gasteiger partial charge >= 0.3 is 0 Å². The van der Waals surface area contributed by atoms with E-state index in [4.69, 9.17) is 4.74 Å². The van der Waals surface area contributed by atoms with Crippen LogP contribution < -0.4 is 10.1 Å². The molecule has 3 aliphatic heterocycles. The SMILES string of the molecule is COc1cc(CN2CCC3(CC2)CC(=O)N2C[C@@H](N(C)CC(C)(C)C)C[C@H]2C(=O)N3)ccc1F. The van der Waals surface area contributed by atoms with Crippen LogP contribution >= 0.6 is 0 Å². The third-order valence-electron chi connectivity index (χ3n) is 7.56. The average molecular weight is 475 g/mol. The van der Waals surface area contributed by atoms with E-state index in [-0.39, 0.29) is 40.9 Å². The Bertz CT molecular complexity index is 895. The van der Waals surface area contributed by atoms with Crippen molar-refractivity contribution in [1.82, 2.24) is 20.0 Å². The fourth-order valence-electron chi connectivity index (χ4n) is 5.82. The molecule has 1 N–H and O–H groups in total. The second-order valence-electron chi connectivity index (χ2n) is 11.6. The van der Waals surface area contributed by atoms with Gasteiger partial charge in [0, 0.05) is 38.8 Å². The number of nitrogens with one attached hydrogen (secondary N) is 1. The van der Waals surface area contributed by atoms with Crippen LogP contribution in [0.15, 0.2) is 18.2 Å². The lowest BCUT2D eigenvalue weighted by molar-refractivity contribution is -0.135. The molecule has 4 rings (SSSR count). The Morgan fingerprint density at radius 2 is 1.94 bits per heavy atom. The van der Waals surface area contributed by atoms with E-state index >= 15 is 0 Å². The van der Waals surface area contributed by atoms with Crippen LogP contribution in [0.2, 0.25) is 0 Å². The zero-order chi connectivity index (χ0) is 24.7. The summed E-state index contributed by atoms with van der Waals surface area (Å²) in [5, 5.41) is 3.30. The lowest BCUT2D eigenvalue weighted by Gasteiger charge is -2.41. The molecule has 7 nitrogen and oxygen atoms in total. The number of likely N-dealkylation sites (tertiary alicyclic amines) is 1. The maximum absolute atomic E-state index is 13.7. The summed E-state index contributed by atoms with van der Waals surface area (Å²) in [5.41, 5.74) is 0.682. The zero-order valence-electron chi connectivity index (χ0n) is 21.2. The summed E-state index contributed by atoms with van der Waals surface area (Å²) in [6.45, 7) is 10.4. The van der Waals surface area contributed by atoms with Crippen molar-refractivity contribution in [2.75, 3.05) is 40.3 Å². The second-order valence-corrected chi connectivity index (χ2v) is 11.6. The first-order chi connectivity index (χ1) is 16.0. The van der Waals surface area contributed by atoms with E-state index in [1.54, 1.807) is 12.1 Å². The molecule has 0 bridgehead atoms. The highest BCUT2D eigenvalue weighted by Crippen LogP contribution is 2.34. The first-order valence-electron chi connectivity index (χ1n) is 12.4. The third kappa shape index (κ3) is 5.38. The summed E-state index contributed by atoms with van der Waals surface area (Å²) >= 11 is 0. The standard InChI is InChI=1S/C26H39FN4O3/c1-25(2,3)17-29(4)19-13-21-24(33)28-26(14-23(32)31(21)16-19)8-10-30(11-9-26)15-18-6-7-20(27)22(12-18)34-5/h6-7,12,19,21H,8-11,13-17H2,1-5H3,(H,28,33)/t19-,21-/m0/s1. The van der Waals surface area contributed by atoms with Gasteiger partial charge in [-0.25, -0.2) is 4.39 Å². The van der Waals surface area contributed by atoms with Crippen molar-refractivity contribution in [1.29, 1.82) is 0 Å². The molecule has 3 saturated heterocycles. The van der Waals surface area contributed by atoms with E-state index in [1.807, 2.05) is 4.90 Å². The molecule has 188 valence electrons. The van der Waals surface area contributed by atoms with Gasteiger partial charge in [0.25, 0.3) is 0 Å². The van der Waals surface area contributed by atoms with Crippen molar-refractivity contribution < 1.29 is 18.7 Å². The highest BCUT2D eigenvalue weighted by atomic mass is 19.1. The van der Waals surface area contributed by atoms with Crippen LogP contribution in [0.5, 0.6) is 5.75 Å². The Morgan fingerprint density at radius 1 is 1.24 bits per heavy atom. The number of methoxy groups -OCH3 is 1. The van der Waals surface area contributed by atoms with Gasteiger partial charge in [0.05, 0.1) is 19.1 Å². The molecule has 0 radical (unpaired) electrons. The quantitative estimate of drug-likeness (QED) is 0.711. The number of nitrogens with zero attached hydrogens (tertiary/aromatic N) is 3. The van der Waals surface area contributed by atoms with E-state index in [1.165, 1.54) is 13.2 Å². The van der Waals surface area contributed by atoms with Crippen LogP contribution in [0.25, 0.3) is 0 Å². The molecule has 0 saturated carbocycles. The predicted octanol–water partition coefficient (Wildman–Crippen LogP) is 2.64. The number of ether oxygens (including phenoxy) is 1. The first kappa shape index (κ1) is 24.9. The molecule has 1 spiro atoms. The Morgan fingerprint density at radius 3 is 2.59 bits per heavy atom. The van der Waals surface area contributed by atoms with E-state index in [0.717, 1.165) is 38.0 Å². The first-order valence-corrected chi connectivity index (χ1v) is 12.4. The van der Waals surface area contributed by atoms with Crippen LogP contribution in [0, 0.1) is 11.2 Å². The van der Waals surface area contributed by atoms with E-state index in [9.17, 15) is 14.0 Å². The summed E-state index contributed by atoms with van der Waals surface area (Å²) in [6, 6.07) is 4.79. The molecule has 1 aromatic carbocycles. The van der Waals surface area contributed by atoms with Gasteiger partial charge in [-0.1, -0.05) is 26.8 Å². The Hall–Kier alpha value is -2.19. The number of benzene rings is 1.